The fraction of sp³-hybridized carbons (Fsp3) is 0.323. The Bertz CT molecular complexity index is 1400. The molecule has 192 valence electrons. The number of methoxy groups -OCH3 is 1. The summed E-state index contributed by atoms with van der Waals surface area (Å²) in [5, 5.41) is 0.543. The van der Waals surface area contributed by atoms with E-state index in [0.717, 1.165) is 6.42 Å². The molecule has 0 fully saturated rings. The highest BCUT2D eigenvalue weighted by Crippen LogP contribution is 2.28. The van der Waals surface area contributed by atoms with Crippen molar-refractivity contribution in [2.45, 2.75) is 46.1 Å². The summed E-state index contributed by atoms with van der Waals surface area (Å²) in [6.07, 6.45) is 1.78. The molecule has 0 saturated heterocycles. The minimum atomic E-state index is -0.366. The Morgan fingerprint density at radius 1 is 0.973 bits per heavy atom. The van der Waals surface area contributed by atoms with Gasteiger partial charge in [0.25, 0.3) is 5.56 Å². The van der Waals surface area contributed by atoms with Crippen molar-refractivity contribution in [2.24, 2.45) is 5.92 Å². The smallest absolute Gasteiger partial charge is 0.266 e. The van der Waals surface area contributed by atoms with Crippen LogP contribution in [-0.2, 0) is 11.2 Å². The van der Waals surface area contributed by atoms with Gasteiger partial charge in [-0.1, -0.05) is 63.2 Å². The van der Waals surface area contributed by atoms with Crippen molar-refractivity contribution in [3.05, 3.63) is 101 Å². The van der Waals surface area contributed by atoms with Crippen LogP contribution in [0.1, 0.15) is 51.0 Å². The fourth-order valence-electron chi connectivity index (χ4n) is 4.71. The highest BCUT2D eigenvalue weighted by molar-refractivity contribution is 5.79. The third-order valence-corrected chi connectivity index (χ3v) is 6.58. The number of rotatable bonds is 10. The molecule has 0 bridgehead atoms. The summed E-state index contributed by atoms with van der Waals surface area (Å²) in [6.45, 7) is 6.69. The number of fused-ring (bicyclic) bond motifs is 1. The molecule has 1 amide bonds. The Morgan fingerprint density at radius 2 is 1.65 bits per heavy atom. The van der Waals surface area contributed by atoms with E-state index in [-0.39, 0.29) is 23.4 Å². The van der Waals surface area contributed by atoms with Crippen LogP contribution in [0.15, 0.2) is 83.7 Å². The van der Waals surface area contributed by atoms with Crippen LogP contribution in [0.4, 0.5) is 0 Å². The Morgan fingerprint density at radius 3 is 2.30 bits per heavy atom. The summed E-state index contributed by atoms with van der Waals surface area (Å²) < 4.78 is 6.99. The van der Waals surface area contributed by atoms with Crippen LogP contribution >= 0.6 is 0 Å². The number of amides is 1. The first-order valence-electron chi connectivity index (χ1n) is 12.9. The van der Waals surface area contributed by atoms with Gasteiger partial charge in [0, 0.05) is 13.0 Å². The van der Waals surface area contributed by atoms with E-state index in [1.165, 1.54) is 5.56 Å². The van der Waals surface area contributed by atoms with Gasteiger partial charge in [-0.3, -0.25) is 14.2 Å². The summed E-state index contributed by atoms with van der Waals surface area (Å²) in [5.41, 5.74) is 2.34. The van der Waals surface area contributed by atoms with Crippen LogP contribution in [0.5, 0.6) is 5.75 Å². The number of ether oxygens (including phenoxy) is 1. The number of carbonyl (C=O) groups is 1. The van der Waals surface area contributed by atoms with E-state index in [1.807, 2.05) is 72.5 Å². The lowest BCUT2D eigenvalue weighted by Gasteiger charge is -2.33. The van der Waals surface area contributed by atoms with Crippen LogP contribution in [0.3, 0.4) is 0 Å². The molecule has 0 spiro atoms. The zero-order chi connectivity index (χ0) is 26.4. The molecule has 4 rings (SSSR count). The highest BCUT2D eigenvalue weighted by Gasteiger charge is 2.29. The molecule has 1 atom stereocenters. The number of aromatic nitrogens is 2. The lowest BCUT2D eigenvalue weighted by atomic mass is 10.0. The van der Waals surface area contributed by atoms with Crippen molar-refractivity contribution in [3.8, 4) is 11.4 Å². The molecular formula is C31H35N3O3. The van der Waals surface area contributed by atoms with Crippen LogP contribution in [-0.4, -0.2) is 34.0 Å². The molecule has 37 heavy (non-hydrogen) atoms. The Balaban J connectivity index is 1.86. The first-order valence-corrected chi connectivity index (χ1v) is 12.9. The van der Waals surface area contributed by atoms with Gasteiger partial charge in [0.2, 0.25) is 5.91 Å². The van der Waals surface area contributed by atoms with Crippen LogP contribution in [0.25, 0.3) is 16.6 Å². The van der Waals surface area contributed by atoms with E-state index in [9.17, 15) is 9.59 Å². The Kier molecular flexibility index (Phi) is 8.39. The molecule has 0 aliphatic rings. The SMILES string of the molecule is CCC(c1nc2ccccc2c(=O)n1-c1ccc(OC)cc1)N(CCc1ccccc1)C(=O)CC(C)C. The number of para-hydroxylation sites is 1. The summed E-state index contributed by atoms with van der Waals surface area (Å²) in [4.78, 5) is 34.4. The van der Waals surface area contributed by atoms with Crippen LogP contribution in [0.2, 0.25) is 0 Å². The number of hydrogen-bond donors (Lipinski definition) is 0. The maximum absolute atomic E-state index is 13.9. The number of hydrogen-bond acceptors (Lipinski definition) is 4. The normalized spacial score (nSPS) is 12.0. The molecular weight excluding hydrogens is 462 g/mol. The van der Waals surface area contributed by atoms with Crippen molar-refractivity contribution in [2.75, 3.05) is 13.7 Å². The number of nitrogens with zero attached hydrogens (tertiary/aromatic N) is 3. The van der Waals surface area contributed by atoms with Crippen LogP contribution < -0.4 is 10.3 Å². The molecule has 0 aliphatic heterocycles. The third-order valence-electron chi connectivity index (χ3n) is 6.58. The zero-order valence-electron chi connectivity index (χ0n) is 22.1. The van der Waals surface area contributed by atoms with Crippen molar-refractivity contribution in [1.82, 2.24) is 14.5 Å². The number of carbonyl (C=O) groups excluding carboxylic acids is 1. The topological polar surface area (TPSA) is 64.4 Å². The molecule has 0 N–H and O–H groups in total. The fourth-order valence-corrected chi connectivity index (χ4v) is 4.71. The second kappa shape index (κ2) is 11.9. The van der Waals surface area contributed by atoms with Gasteiger partial charge >= 0.3 is 0 Å². The summed E-state index contributed by atoms with van der Waals surface area (Å²) in [6, 6.07) is 24.6. The standard InChI is InChI=1S/C31H35N3O3/c1-5-28(33(29(35)21-22(2)3)20-19-23-11-7-6-8-12-23)30-32-27-14-10-9-13-26(27)31(36)34(30)24-15-17-25(37-4)18-16-24/h6-18,22,28H,5,19-21H2,1-4H3. The molecule has 0 radical (unpaired) electrons. The van der Waals surface area contributed by atoms with Crippen molar-refractivity contribution >= 4 is 16.8 Å². The average molecular weight is 498 g/mol. The van der Waals surface area contributed by atoms with Crippen molar-refractivity contribution in [3.63, 3.8) is 0 Å². The largest absolute Gasteiger partial charge is 0.497 e. The zero-order valence-corrected chi connectivity index (χ0v) is 22.1. The monoisotopic (exact) mass is 497 g/mol. The van der Waals surface area contributed by atoms with Crippen molar-refractivity contribution in [1.29, 1.82) is 0 Å². The molecule has 3 aromatic carbocycles. The van der Waals surface area contributed by atoms with Gasteiger partial charge in [0.15, 0.2) is 0 Å². The van der Waals surface area contributed by atoms with E-state index in [4.69, 9.17) is 9.72 Å². The molecule has 4 aromatic rings. The minimum Gasteiger partial charge on any atom is -0.497 e. The predicted molar refractivity (Wildman–Crippen MR) is 148 cm³/mol. The average Bonchev–Trinajstić information content (AvgIpc) is 2.91. The van der Waals surface area contributed by atoms with Gasteiger partial charge < -0.3 is 9.64 Å². The molecule has 1 aromatic heterocycles. The van der Waals surface area contributed by atoms with Gasteiger partial charge in [0.1, 0.15) is 11.6 Å². The minimum absolute atomic E-state index is 0.0708. The van der Waals surface area contributed by atoms with Gasteiger partial charge in [-0.25, -0.2) is 4.98 Å². The van der Waals surface area contributed by atoms with E-state index < -0.39 is 0 Å². The third kappa shape index (κ3) is 5.91. The maximum atomic E-state index is 13.9. The van der Waals surface area contributed by atoms with Gasteiger partial charge in [0.05, 0.1) is 29.7 Å². The molecule has 1 heterocycles. The van der Waals surface area contributed by atoms with E-state index >= 15 is 0 Å². The molecule has 6 heteroatoms. The molecule has 0 aliphatic carbocycles. The first-order chi connectivity index (χ1) is 17.9. The van der Waals surface area contributed by atoms with E-state index in [0.29, 0.717) is 47.6 Å². The van der Waals surface area contributed by atoms with Crippen molar-refractivity contribution < 1.29 is 9.53 Å². The summed E-state index contributed by atoms with van der Waals surface area (Å²) in [5.74, 6) is 1.57. The summed E-state index contributed by atoms with van der Waals surface area (Å²) >= 11 is 0. The van der Waals surface area contributed by atoms with Gasteiger partial charge in [-0.15, -0.1) is 0 Å². The van der Waals surface area contributed by atoms with Crippen LogP contribution in [0, 0.1) is 5.92 Å². The van der Waals surface area contributed by atoms with E-state index in [2.05, 4.69) is 26.0 Å². The molecule has 6 nitrogen and oxygen atoms in total. The lowest BCUT2D eigenvalue weighted by molar-refractivity contribution is -0.134. The second-order valence-corrected chi connectivity index (χ2v) is 9.67. The van der Waals surface area contributed by atoms with Gasteiger partial charge in [-0.2, -0.15) is 0 Å². The van der Waals surface area contributed by atoms with Gasteiger partial charge in [-0.05, 0) is 60.7 Å². The first kappa shape index (κ1) is 26.1. The van der Waals surface area contributed by atoms with E-state index in [1.54, 1.807) is 17.7 Å². The Labute approximate surface area is 218 Å². The predicted octanol–water partition coefficient (Wildman–Crippen LogP) is 5.96. The summed E-state index contributed by atoms with van der Waals surface area (Å²) in [7, 11) is 1.61. The molecule has 0 saturated carbocycles. The maximum Gasteiger partial charge on any atom is 0.266 e. The second-order valence-electron chi connectivity index (χ2n) is 9.67. The quantitative estimate of drug-likeness (QED) is 0.271. The lowest BCUT2D eigenvalue weighted by Crippen LogP contribution is -2.40. The molecule has 1 unspecified atom stereocenters. The number of benzene rings is 3. The highest BCUT2D eigenvalue weighted by atomic mass is 16.5. The Hall–Kier alpha value is -3.93.